The Kier molecular flexibility index (Phi) is 5.02. The van der Waals surface area contributed by atoms with Gasteiger partial charge >= 0.3 is 0 Å². The van der Waals surface area contributed by atoms with Crippen molar-refractivity contribution in [1.82, 2.24) is 14.9 Å². The summed E-state index contributed by atoms with van der Waals surface area (Å²) in [6.45, 7) is 4.65. The highest BCUT2D eigenvalue weighted by molar-refractivity contribution is 5.73. The van der Waals surface area contributed by atoms with Crippen LogP contribution < -0.4 is 15.1 Å². The second-order valence-corrected chi connectivity index (χ2v) is 6.30. The smallest absolute Gasteiger partial charge is 0.229 e. The van der Waals surface area contributed by atoms with Gasteiger partial charge in [0.05, 0.1) is 0 Å². The van der Waals surface area contributed by atoms with Crippen LogP contribution in [0.3, 0.4) is 0 Å². The van der Waals surface area contributed by atoms with E-state index >= 15 is 0 Å². The predicted molar refractivity (Wildman–Crippen MR) is 101 cm³/mol. The topological polar surface area (TPSA) is 64.6 Å². The van der Waals surface area contributed by atoms with Crippen molar-refractivity contribution in [3.8, 4) is 0 Å². The van der Waals surface area contributed by atoms with E-state index in [9.17, 15) is 4.79 Å². The molecule has 0 unspecified atom stereocenters. The fourth-order valence-electron chi connectivity index (χ4n) is 2.81. The van der Waals surface area contributed by atoms with Crippen molar-refractivity contribution in [2.75, 3.05) is 55.4 Å². The van der Waals surface area contributed by atoms with Gasteiger partial charge in [-0.3, -0.25) is 4.79 Å². The zero-order valence-corrected chi connectivity index (χ0v) is 14.9. The van der Waals surface area contributed by atoms with Gasteiger partial charge in [-0.1, -0.05) is 0 Å². The first-order valence-electron chi connectivity index (χ1n) is 8.41. The van der Waals surface area contributed by atoms with E-state index in [1.807, 2.05) is 49.3 Å². The molecule has 7 heteroatoms. The van der Waals surface area contributed by atoms with Crippen LogP contribution in [0, 0.1) is 0 Å². The molecule has 132 valence electrons. The molecule has 0 aliphatic carbocycles. The number of hydrogen-bond acceptors (Lipinski definition) is 6. The molecule has 0 radical (unpaired) electrons. The maximum absolute atomic E-state index is 11.4. The molecule has 1 aromatic heterocycles. The van der Waals surface area contributed by atoms with Gasteiger partial charge in [0.15, 0.2) is 0 Å². The maximum atomic E-state index is 11.4. The van der Waals surface area contributed by atoms with Crippen LogP contribution in [0.2, 0.25) is 0 Å². The van der Waals surface area contributed by atoms with Crippen LogP contribution in [0.15, 0.2) is 36.5 Å². The first-order valence-corrected chi connectivity index (χ1v) is 8.41. The van der Waals surface area contributed by atoms with Gasteiger partial charge in [-0.05, 0) is 30.3 Å². The van der Waals surface area contributed by atoms with Crippen LogP contribution in [0.4, 0.5) is 23.1 Å². The molecule has 1 aromatic carbocycles. The van der Waals surface area contributed by atoms with Gasteiger partial charge in [-0.15, -0.1) is 0 Å². The monoisotopic (exact) mass is 340 g/mol. The van der Waals surface area contributed by atoms with E-state index in [1.165, 1.54) is 0 Å². The third kappa shape index (κ3) is 4.17. The third-order valence-corrected chi connectivity index (χ3v) is 4.33. The van der Waals surface area contributed by atoms with E-state index in [-0.39, 0.29) is 5.91 Å². The largest absolute Gasteiger partial charge is 0.378 e. The van der Waals surface area contributed by atoms with Gasteiger partial charge in [0.1, 0.15) is 5.82 Å². The van der Waals surface area contributed by atoms with Crippen molar-refractivity contribution in [1.29, 1.82) is 0 Å². The Bertz CT molecular complexity index is 723. The van der Waals surface area contributed by atoms with E-state index in [2.05, 4.69) is 25.1 Å². The second kappa shape index (κ2) is 7.38. The number of aromatic nitrogens is 2. The highest BCUT2D eigenvalue weighted by Crippen LogP contribution is 2.20. The number of nitrogens with zero attached hydrogens (tertiary/aromatic N) is 5. The molecule has 2 aromatic rings. The summed E-state index contributed by atoms with van der Waals surface area (Å²) in [5.74, 6) is 1.58. The van der Waals surface area contributed by atoms with Crippen LogP contribution in [0.5, 0.6) is 0 Å². The van der Waals surface area contributed by atoms with Crippen molar-refractivity contribution in [2.24, 2.45) is 0 Å². The average Bonchev–Trinajstić information content (AvgIpc) is 2.62. The predicted octanol–water partition coefficient (Wildman–Crippen LogP) is 1.95. The molecule has 1 aliphatic rings. The highest BCUT2D eigenvalue weighted by atomic mass is 16.2. The number of nitrogens with one attached hydrogen (secondary N) is 1. The Morgan fingerprint density at radius 3 is 2.36 bits per heavy atom. The van der Waals surface area contributed by atoms with E-state index in [4.69, 9.17) is 0 Å². The average molecular weight is 340 g/mol. The standard InChI is InChI=1S/C18H24N6O/c1-14(25)23-10-12-24(13-11-23)17-8-9-19-18(21-17)20-15-4-6-16(7-5-15)22(2)3/h4-9H,10-13H2,1-3H3,(H,19,20,21). The molecule has 1 fully saturated rings. The number of benzene rings is 1. The van der Waals surface area contributed by atoms with Crippen LogP contribution in [0.25, 0.3) is 0 Å². The minimum atomic E-state index is 0.130. The van der Waals surface area contributed by atoms with E-state index in [0.29, 0.717) is 5.95 Å². The minimum Gasteiger partial charge on any atom is -0.378 e. The molecule has 0 saturated carbocycles. The fourth-order valence-corrected chi connectivity index (χ4v) is 2.81. The Hall–Kier alpha value is -2.83. The molecule has 1 saturated heterocycles. The SMILES string of the molecule is CC(=O)N1CCN(c2ccnc(Nc3ccc(N(C)C)cc3)n2)CC1. The zero-order chi connectivity index (χ0) is 17.8. The summed E-state index contributed by atoms with van der Waals surface area (Å²) in [4.78, 5) is 26.5. The van der Waals surface area contributed by atoms with Gasteiger partial charge in [0.2, 0.25) is 11.9 Å². The molecule has 0 bridgehead atoms. The molecule has 1 amide bonds. The number of amides is 1. The molecule has 25 heavy (non-hydrogen) atoms. The summed E-state index contributed by atoms with van der Waals surface area (Å²) < 4.78 is 0. The number of rotatable bonds is 4. The highest BCUT2D eigenvalue weighted by Gasteiger charge is 2.19. The molecule has 0 atom stereocenters. The number of hydrogen-bond donors (Lipinski definition) is 1. The van der Waals surface area contributed by atoms with Gasteiger partial charge in [0, 0.05) is 64.8 Å². The quantitative estimate of drug-likeness (QED) is 0.918. The molecule has 1 N–H and O–H groups in total. The van der Waals surface area contributed by atoms with Gasteiger partial charge in [0.25, 0.3) is 0 Å². The summed E-state index contributed by atoms with van der Waals surface area (Å²) in [5, 5.41) is 3.24. The minimum absolute atomic E-state index is 0.130. The van der Waals surface area contributed by atoms with Gasteiger partial charge < -0.3 is 20.0 Å². The van der Waals surface area contributed by atoms with E-state index in [0.717, 1.165) is 43.4 Å². The fraction of sp³-hybridized carbons (Fsp3) is 0.389. The van der Waals surface area contributed by atoms with Crippen molar-refractivity contribution in [2.45, 2.75) is 6.92 Å². The molecule has 2 heterocycles. The summed E-state index contributed by atoms with van der Waals surface area (Å²) >= 11 is 0. The Morgan fingerprint density at radius 2 is 1.76 bits per heavy atom. The first-order chi connectivity index (χ1) is 12.0. The normalized spacial score (nSPS) is 14.4. The van der Waals surface area contributed by atoms with Crippen molar-refractivity contribution >= 4 is 29.0 Å². The Morgan fingerprint density at radius 1 is 1.08 bits per heavy atom. The van der Waals surface area contributed by atoms with Crippen molar-refractivity contribution in [3.05, 3.63) is 36.5 Å². The van der Waals surface area contributed by atoms with Crippen LogP contribution in [-0.4, -0.2) is 61.0 Å². The summed E-state index contributed by atoms with van der Waals surface area (Å²) in [6, 6.07) is 10.0. The molecular formula is C18H24N6O. The maximum Gasteiger partial charge on any atom is 0.229 e. The summed E-state index contributed by atoms with van der Waals surface area (Å²) in [7, 11) is 4.03. The lowest BCUT2D eigenvalue weighted by atomic mass is 10.2. The molecular weight excluding hydrogens is 316 g/mol. The first kappa shape index (κ1) is 17.0. The van der Waals surface area contributed by atoms with E-state index in [1.54, 1.807) is 13.1 Å². The molecule has 0 spiro atoms. The zero-order valence-electron chi connectivity index (χ0n) is 14.9. The molecule has 7 nitrogen and oxygen atoms in total. The Labute approximate surface area is 148 Å². The number of anilines is 4. The summed E-state index contributed by atoms with van der Waals surface area (Å²) in [5.41, 5.74) is 2.09. The van der Waals surface area contributed by atoms with Crippen LogP contribution >= 0.6 is 0 Å². The van der Waals surface area contributed by atoms with Crippen molar-refractivity contribution < 1.29 is 4.79 Å². The number of carbonyl (C=O) groups is 1. The van der Waals surface area contributed by atoms with E-state index < -0.39 is 0 Å². The van der Waals surface area contributed by atoms with Crippen molar-refractivity contribution in [3.63, 3.8) is 0 Å². The second-order valence-electron chi connectivity index (χ2n) is 6.30. The number of piperazine rings is 1. The lowest BCUT2D eigenvalue weighted by Gasteiger charge is -2.34. The number of carbonyl (C=O) groups excluding carboxylic acids is 1. The van der Waals surface area contributed by atoms with Gasteiger partial charge in [-0.25, -0.2) is 4.98 Å². The lowest BCUT2D eigenvalue weighted by molar-refractivity contribution is -0.129. The third-order valence-electron chi connectivity index (χ3n) is 4.33. The summed E-state index contributed by atoms with van der Waals surface area (Å²) in [6.07, 6.45) is 1.76. The molecule has 3 rings (SSSR count). The van der Waals surface area contributed by atoms with Gasteiger partial charge in [-0.2, -0.15) is 4.98 Å². The lowest BCUT2D eigenvalue weighted by Crippen LogP contribution is -2.48. The van der Waals surface area contributed by atoms with Crippen LogP contribution in [-0.2, 0) is 4.79 Å². The Balaban J connectivity index is 1.66. The molecule has 1 aliphatic heterocycles. The van der Waals surface area contributed by atoms with Crippen LogP contribution in [0.1, 0.15) is 6.92 Å².